The summed E-state index contributed by atoms with van der Waals surface area (Å²) in [7, 11) is -3.87. The van der Waals surface area contributed by atoms with Gasteiger partial charge in [0.15, 0.2) is 0 Å². The van der Waals surface area contributed by atoms with Crippen LogP contribution in [-0.4, -0.2) is 27.7 Å². The summed E-state index contributed by atoms with van der Waals surface area (Å²) in [6.07, 6.45) is 2.35. The number of anilines is 1. The third kappa shape index (κ3) is 3.17. The molecule has 4 rings (SSSR count). The Kier molecular flexibility index (Phi) is 4.16. The van der Waals surface area contributed by atoms with Gasteiger partial charge in [-0.25, -0.2) is 4.79 Å². The fraction of sp³-hybridized carbons (Fsp3) is 0.211. The van der Waals surface area contributed by atoms with Crippen molar-refractivity contribution in [2.24, 2.45) is 0 Å². The van der Waals surface area contributed by atoms with Gasteiger partial charge in [0.1, 0.15) is 12.4 Å². The number of amides is 1. The Morgan fingerprint density at radius 1 is 1.00 bits per heavy atom. The van der Waals surface area contributed by atoms with Crippen molar-refractivity contribution in [1.82, 2.24) is 0 Å². The molecule has 0 unspecified atom stereocenters. The second kappa shape index (κ2) is 6.49. The molecule has 1 amide bonds. The van der Waals surface area contributed by atoms with Gasteiger partial charge in [-0.3, -0.25) is 4.90 Å². The van der Waals surface area contributed by atoms with E-state index in [1.807, 2.05) is 24.3 Å². The Morgan fingerprint density at radius 3 is 2.50 bits per heavy atom. The van der Waals surface area contributed by atoms with E-state index in [2.05, 4.69) is 0 Å². The number of ether oxygens (including phenoxy) is 1. The van der Waals surface area contributed by atoms with E-state index in [0.717, 1.165) is 11.1 Å². The second-order valence-corrected chi connectivity index (χ2v) is 7.71. The number of allylic oxidation sites excluding steroid dienone is 1. The third-order valence-corrected chi connectivity index (χ3v) is 5.82. The highest BCUT2D eigenvalue weighted by molar-refractivity contribution is 7.91. The summed E-state index contributed by atoms with van der Waals surface area (Å²) in [4.78, 5) is 13.3. The van der Waals surface area contributed by atoms with Crippen molar-refractivity contribution in [3.63, 3.8) is 0 Å². The van der Waals surface area contributed by atoms with Gasteiger partial charge in [-0.15, -0.1) is 0 Å². The molecular formula is C19H17NO5S. The van der Waals surface area contributed by atoms with Gasteiger partial charge < -0.3 is 8.92 Å². The summed E-state index contributed by atoms with van der Waals surface area (Å²) in [5.41, 5.74) is 2.68. The van der Waals surface area contributed by atoms with Crippen LogP contribution in [0, 0.1) is 0 Å². The first-order chi connectivity index (χ1) is 12.5. The average molecular weight is 371 g/mol. The normalized spacial score (nSPS) is 16.7. The number of rotatable bonds is 4. The van der Waals surface area contributed by atoms with E-state index in [1.165, 1.54) is 17.0 Å². The summed E-state index contributed by atoms with van der Waals surface area (Å²) in [5, 5.41) is 0. The van der Waals surface area contributed by atoms with E-state index in [0.29, 0.717) is 31.7 Å². The molecule has 7 heteroatoms. The van der Waals surface area contributed by atoms with Crippen LogP contribution in [0.1, 0.15) is 17.5 Å². The summed E-state index contributed by atoms with van der Waals surface area (Å²) in [5.74, 6) is 0.209. The number of fused-ring (bicyclic) bond motifs is 1. The number of carbonyl (C=O) groups is 1. The van der Waals surface area contributed by atoms with Crippen molar-refractivity contribution in [2.45, 2.75) is 12.8 Å². The minimum absolute atomic E-state index is 0.209. The van der Waals surface area contributed by atoms with Gasteiger partial charge in [0.2, 0.25) is 0 Å². The molecule has 0 saturated carbocycles. The fourth-order valence-corrected chi connectivity index (χ4v) is 4.19. The van der Waals surface area contributed by atoms with E-state index in [1.54, 1.807) is 18.2 Å². The first kappa shape index (κ1) is 16.7. The van der Waals surface area contributed by atoms with Crippen molar-refractivity contribution >= 4 is 28.0 Å². The lowest BCUT2D eigenvalue weighted by molar-refractivity contribution is 0.181. The van der Waals surface area contributed by atoms with Crippen LogP contribution < -0.4 is 9.08 Å². The third-order valence-electron chi connectivity index (χ3n) is 4.45. The number of hydrogen-bond donors (Lipinski definition) is 0. The van der Waals surface area contributed by atoms with Gasteiger partial charge in [-0.05, 0) is 54.3 Å². The van der Waals surface area contributed by atoms with Crippen LogP contribution in [0.3, 0.4) is 0 Å². The molecule has 0 bridgehead atoms. The molecule has 26 heavy (non-hydrogen) atoms. The smallest absolute Gasteiger partial charge is 0.414 e. The van der Waals surface area contributed by atoms with Gasteiger partial charge in [0.05, 0.1) is 11.4 Å². The maximum absolute atomic E-state index is 12.6. The summed E-state index contributed by atoms with van der Waals surface area (Å²) < 4.78 is 35.3. The summed E-state index contributed by atoms with van der Waals surface area (Å²) in [6, 6.07) is 14.1. The molecule has 1 heterocycles. The maximum Gasteiger partial charge on any atom is 0.414 e. The molecule has 1 saturated heterocycles. The predicted molar refractivity (Wildman–Crippen MR) is 97.4 cm³/mol. The molecule has 2 aromatic carbocycles. The van der Waals surface area contributed by atoms with Crippen molar-refractivity contribution in [2.75, 3.05) is 18.1 Å². The van der Waals surface area contributed by atoms with Gasteiger partial charge in [-0.1, -0.05) is 24.3 Å². The van der Waals surface area contributed by atoms with Crippen molar-refractivity contribution in [3.8, 4) is 5.75 Å². The average Bonchev–Trinajstić information content (AvgIpc) is 3.07. The fourth-order valence-electron chi connectivity index (χ4n) is 3.09. The highest BCUT2D eigenvalue weighted by Gasteiger charge is 2.25. The second-order valence-electron chi connectivity index (χ2n) is 6.11. The van der Waals surface area contributed by atoms with Gasteiger partial charge >= 0.3 is 16.2 Å². The quantitative estimate of drug-likeness (QED) is 0.771. The van der Waals surface area contributed by atoms with Crippen LogP contribution in [0.2, 0.25) is 0 Å². The van der Waals surface area contributed by atoms with Crippen molar-refractivity contribution in [3.05, 3.63) is 64.6 Å². The minimum Gasteiger partial charge on any atom is -0.447 e. The molecule has 1 aliphatic heterocycles. The zero-order chi connectivity index (χ0) is 18.1. The van der Waals surface area contributed by atoms with Gasteiger partial charge in [0.25, 0.3) is 0 Å². The van der Waals surface area contributed by atoms with Crippen molar-refractivity contribution < 1.29 is 22.1 Å². The maximum atomic E-state index is 12.6. The topological polar surface area (TPSA) is 72.9 Å². The van der Waals surface area contributed by atoms with Crippen LogP contribution in [0.25, 0.3) is 6.08 Å². The molecule has 0 N–H and O–H groups in total. The molecule has 2 aromatic rings. The van der Waals surface area contributed by atoms with E-state index < -0.39 is 16.2 Å². The van der Waals surface area contributed by atoms with Gasteiger partial charge in [0, 0.05) is 5.69 Å². The number of benzene rings is 2. The number of hydrogen-bond acceptors (Lipinski definition) is 5. The lowest BCUT2D eigenvalue weighted by atomic mass is 9.98. The number of carbonyl (C=O) groups excluding carboxylic acids is 1. The molecule has 0 radical (unpaired) electrons. The Labute approximate surface area is 151 Å². The predicted octanol–water partition coefficient (Wildman–Crippen LogP) is 3.34. The largest absolute Gasteiger partial charge is 0.447 e. The van der Waals surface area contributed by atoms with E-state index in [9.17, 15) is 13.2 Å². The van der Waals surface area contributed by atoms with Gasteiger partial charge in [-0.2, -0.15) is 8.42 Å². The molecule has 0 spiro atoms. The molecule has 0 aromatic heterocycles. The Hall–Kier alpha value is -2.80. The highest BCUT2D eigenvalue weighted by atomic mass is 32.2. The lowest BCUT2D eigenvalue weighted by Crippen LogP contribution is -2.23. The molecule has 2 aliphatic rings. The number of aryl methyl sites for hydroxylation is 1. The SMILES string of the molecule is O=C1OCCN1c1ccc(OS(=O)(=O)C2=Cc3ccccc3CC2)cc1. The van der Waals surface area contributed by atoms with Crippen LogP contribution in [0.4, 0.5) is 10.5 Å². The molecule has 1 aliphatic carbocycles. The molecule has 134 valence electrons. The monoisotopic (exact) mass is 371 g/mol. The van der Waals surface area contributed by atoms with Crippen LogP contribution >= 0.6 is 0 Å². The molecule has 0 atom stereocenters. The van der Waals surface area contributed by atoms with Crippen LogP contribution in [0.5, 0.6) is 5.75 Å². The Bertz CT molecular complexity index is 979. The number of cyclic esters (lactones) is 1. The van der Waals surface area contributed by atoms with Crippen molar-refractivity contribution in [1.29, 1.82) is 0 Å². The Morgan fingerprint density at radius 2 is 1.77 bits per heavy atom. The molecular weight excluding hydrogens is 354 g/mol. The summed E-state index contributed by atoms with van der Waals surface area (Å²) >= 11 is 0. The Balaban J connectivity index is 1.53. The standard InChI is InChI=1S/C19H17NO5S/c21-19-20(11-12-24-19)16-6-8-17(9-7-16)25-26(22,23)18-10-5-14-3-1-2-4-15(14)13-18/h1-4,6-9,13H,5,10-12H2. The zero-order valence-electron chi connectivity index (χ0n) is 13.9. The minimum atomic E-state index is -3.87. The molecule has 1 fully saturated rings. The van der Waals surface area contributed by atoms with Crippen LogP contribution in [0.15, 0.2) is 53.4 Å². The number of nitrogens with zero attached hydrogens (tertiary/aromatic N) is 1. The first-order valence-electron chi connectivity index (χ1n) is 8.30. The first-order valence-corrected chi connectivity index (χ1v) is 9.71. The zero-order valence-corrected chi connectivity index (χ0v) is 14.7. The van der Waals surface area contributed by atoms with E-state index in [4.69, 9.17) is 8.92 Å². The van der Waals surface area contributed by atoms with E-state index >= 15 is 0 Å². The van der Waals surface area contributed by atoms with Crippen LogP contribution in [-0.2, 0) is 21.3 Å². The molecule has 6 nitrogen and oxygen atoms in total. The summed E-state index contributed by atoms with van der Waals surface area (Å²) in [6.45, 7) is 0.824. The highest BCUT2D eigenvalue weighted by Crippen LogP contribution is 2.29. The lowest BCUT2D eigenvalue weighted by Gasteiger charge is -2.17. The van der Waals surface area contributed by atoms with E-state index in [-0.39, 0.29) is 10.7 Å².